The third kappa shape index (κ3) is 0.873. The number of hydrogen-bond donors (Lipinski definition) is 1. The zero-order chi connectivity index (χ0) is 6.15. The van der Waals surface area contributed by atoms with Crippen LogP contribution in [0.1, 0.15) is 13.8 Å². The molecule has 1 N–H and O–H groups in total. The van der Waals surface area contributed by atoms with E-state index in [1.54, 1.807) is 0 Å². The fourth-order valence-corrected chi connectivity index (χ4v) is 1.37. The smallest absolute Gasteiger partial charge is 0.00182 e. The van der Waals surface area contributed by atoms with Crippen molar-refractivity contribution in [1.82, 2.24) is 5.32 Å². The molecule has 0 aliphatic heterocycles. The quantitative estimate of drug-likeness (QED) is 0.565. The molecular formula is C7H15N. The summed E-state index contributed by atoms with van der Waals surface area (Å²) in [5, 5.41) is 3.19. The summed E-state index contributed by atoms with van der Waals surface area (Å²) in [6.07, 6.45) is 0. The van der Waals surface area contributed by atoms with Crippen LogP contribution in [0.2, 0.25) is 0 Å². The van der Waals surface area contributed by atoms with E-state index >= 15 is 0 Å². The maximum atomic E-state index is 3.19. The van der Waals surface area contributed by atoms with Crippen LogP contribution in [-0.2, 0) is 0 Å². The van der Waals surface area contributed by atoms with Crippen LogP contribution in [0.4, 0.5) is 0 Å². The van der Waals surface area contributed by atoms with Crippen molar-refractivity contribution >= 4 is 0 Å². The zero-order valence-corrected chi connectivity index (χ0v) is 5.94. The van der Waals surface area contributed by atoms with E-state index in [-0.39, 0.29) is 0 Å². The van der Waals surface area contributed by atoms with Crippen LogP contribution in [0, 0.1) is 17.8 Å². The number of rotatable bonds is 2. The first-order valence-corrected chi connectivity index (χ1v) is 3.42. The normalized spacial score (nSPS) is 44.6. The van der Waals surface area contributed by atoms with E-state index in [1.807, 2.05) is 7.05 Å². The lowest BCUT2D eigenvalue weighted by Gasteiger charge is -1.91. The molecule has 0 saturated heterocycles. The zero-order valence-electron chi connectivity index (χ0n) is 5.94. The maximum absolute atomic E-state index is 3.19. The van der Waals surface area contributed by atoms with Gasteiger partial charge in [-0.25, -0.2) is 0 Å². The molecule has 1 aliphatic rings. The minimum Gasteiger partial charge on any atom is -0.319 e. The van der Waals surface area contributed by atoms with Crippen molar-refractivity contribution in [2.45, 2.75) is 13.8 Å². The highest BCUT2D eigenvalue weighted by Gasteiger charge is 2.41. The Morgan fingerprint density at radius 1 is 1.25 bits per heavy atom. The Labute approximate surface area is 51.5 Å². The Hall–Kier alpha value is -0.0400. The summed E-state index contributed by atoms with van der Waals surface area (Å²) in [6.45, 7) is 5.86. The first-order chi connectivity index (χ1) is 3.77. The summed E-state index contributed by atoms with van der Waals surface area (Å²) >= 11 is 0. The lowest BCUT2D eigenvalue weighted by Crippen LogP contribution is -2.10. The minimum absolute atomic E-state index is 0.972. The molecule has 3 atom stereocenters. The molecular weight excluding hydrogens is 98.1 g/mol. The highest BCUT2D eigenvalue weighted by molar-refractivity contribution is 4.91. The molecule has 0 aromatic heterocycles. The van der Waals surface area contributed by atoms with Gasteiger partial charge in [0, 0.05) is 0 Å². The Kier molecular flexibility index (Phi) is 1.57. The van der Waals surface area contributed by atoms with E-state index in [0.717, 1.165) is 17.8 Å². The van der Waals surface area contributed by atoms with Crippen molar-refractivity contribution < 1.29 is 0 Å². The average molecular weight is 113 g/mol. The van der Waals surface area contributed by atoms with E-state index in [4.69, 9.17) is 0 Å². The largest absolute Gasteiger partial charge is 0.319 e. The van der Waals surface area contributed by atoms with E-state index in [1.165, 1.54) is 6.54 Å². The van der Waals surface area contributed by atoms with Gasteiger partial charge in [0.15, 0.2) is 0 Å². The van der Waals surface area contributed by atoms with Gasteiger partial charge in [-0.2, -0.15) is 0 Å². The maximum Gasteiger partial charge on any atom is -0.00182 e. The van der Waals surface area contributed by atoms with Crippen molar-refractivity contribution in [3.63, 3.8) is 0 Å². The van der Waals surface area contributed by atoms with Gasteiger partial charge in [0.05, 0.1) is 0 Å². The molecule has 1 heteroatoms. The molecule has 0 aromatic rings. The van der Waals surface area contributed by atoms with Crippen LogP contribution in [-0.4, -0.2) is 13.6 Å². The van der Waals surface area contributed by atoms with Crippen LogP contribution < -0.4 is 5.32 Å². The molecule has 48 valence electrons. The summed E-state index contributed by atoms with van der Waals surface area (Å²) < 4.78 is 0. The van der Waals surface area contributed by atoms with Crippen LogP contribution in [0.5, 0.6) is 0 Å². The summed E-state index contributed by atoms with van der Waals surface area (Å²) in [4.78, 5) is 0. The summed E-state index contributed by atoms with van der Waals surface area (Å²) in [7, 11) is 2.03. The Morgan fingerprint density at radius 2 is 1.75 bits per heavy atom. The first kappa shape index (κ1) is 6.09. The third-order valence-corrected chi connectivity index (χ3v) is 2.48. The molecule has 0 aromatic carbocycles. The third-order valence-electron chi connectivity index (χ3n) is 2.48. The van der Waals surface area contributed by atoms with Crippen molar-refractivity contribution in [2.24, 2.45) is 17.8 Å². The topological polar surface area (TPSA) is 12.0 Å². The predicted molar refractivity (Wildman–Crippen MR) is 35.7 cm³/mol. The molecule has 0 spiro atoms. The van der Waals surface area contributed by atoms with Crippen molar-refractivity contribution in [1.29, 1.82) is 0 Å². The molecule has 1 fully saturated rings. The standard InChI is InChI=1S/C7H15N/c1-5-6(2)7(5)4-8-3/h5-8H,4H2,1-3H3/t5-,6?,7?/m0/s1. The van der Waals surface area contributed by atoms with Crippen LogP contribution in [0.15, 0.2) is 0 Å². The minimum atomic E-state index is 0.972. The van der Waals surface area contributed by atoms with E-state index in [9.17, 15) is 0 Å². The van der Waals surface area contributed by atoms with Crippen molar-refractivity contribution in [2.75, 3.05) is 13.6 Å². The summed E-state index contributed by atoms with van der Waals surface area (Å²) in [5.41, 5.74) is 0. The average Bonchev–Trinajstić information content (AvgIpc) is 2.25. The van der Waals surface area contributed by atoms with E-state index < -0.39 is 0 Å². The van der Waals surface area contributed by atoms with Gasteiger partial charge < -0.3 is 5.32 Å². The van der Waals surface area contributed by atoms with Gasteiger partial charge in [-0.3, -0.25) is 0 Å². The second-order valence-electron chi connectivity index (χ2n) is 2.94. The summed E-state index contributed by atoms with van der Waals surface area (Å²) in [6, 6.07) is 0. The molecule has 1 saturated carbocycles. The van der Waals surface area contributed by atoms with Gasteiger partial charge >= 0.3 is 0 Å². The highest BCUT2D eigenvalue weighted by Crippen LogP contribution is 2.44. The second kappa shape index (κ2) is 2.06. The van der Waals surface area contributed by atoms with Gasteiger partial charge in [0.1, 0.15) is 0 Å². The monoisotopic (exact) mass is 113 g/mol. The van der Waals surface area contributed by atoms with Crippen molar-refractivity contribution in [3.05, 3.63) is 0 Å². The van der Waals surface area contributed by atoms with E-state index in [0.29, 0.717) is 0 Å². The van der Waals surface area contributed by atoms with Crippen LogP contribution >= 0.6 is 0 Å². The molecule has 0 bridgehead atoms. The van der Waals surface area contributed by atoms with Gasteiger partial charge in [0.2, 0.25) is 0 Å². The molecule has 1 aliphatic carbocycles. The van der Waals surface area contributed by atoms with Gasteiger partial charge in [0.25, 0.3) is 0 Å². The Morgan fingerprint density at radius 3 is 1.88 bits per heavy atom. The fourth-order valence-electron chi connectivity index (χ4n) is 1.37. The molecule has 0 amide bonds. The van der Waals surface area contributed by atoms with Gasteiger partial charge in [-0.1, -0.05) is 13.8 Å². The molecule has 1 rings (SSSR count). The van der Waals surface area contributed by atoms with Gasteiger partial charge in [-0.05, 0) is 31.3 Å². The molecule has 8 heavy (non-hydrogen) atoms. The highest BCUT2D eigenvalue weighted by atomic mass is 14.8. The second-order valence-corrected chi connectivity index (χ2v) is 2.94. The SMILES string of the molecule is CNCC1C(C)[C@@H]1C. The fraction of sp³-hybridized carbons (Fsp3) is 1.00. The van der Waals surface area contributed by atoms with Crippen LogP contribution in [0.25, 0.3) is 0 Å². The first-order valence-electron chi connectivity index (χ1n) is 3.42. The van der Waals surface area contributed by atoms with Crippen molar-refractivity contribution in [3.8, 4) is 0 Å². The molecule has 0 heterocycles. The Balaban J connectivity index is 2.13. The van der Waals surface area contributed by atoms with E-state index in [2.05, 4.69) is 19.2 Å². The van der Waals surface area contributed by atoms with Crippen LogP contribution in [0.3, 0.4) is 0 Å². The van der Waals surface area contributed by atoms with Gasteiger partial charge in [-0.15, -0.1) is 0 Å². The number of nitrogens with one attached hydrogen (secondary N) is 1. The predicted octanol–water partition coefficient (Wildman–Crippen LogP) is 1.11. The lowest BCUT2D eigenvalue weighted by atomic mass is 10.3. The summed E-state index contributed by atoms with van der Waals surface area (Å²) in [5.74, 6) is 2.92. The molecule has 1 nitrogen and oxygen atoms in total. The Bertz CT molecular complexity index is 72.5. The molecule has 0 radical (unpaired) electrons. The molecule has 2 unspecified atom stereocenters. The number of hydrogen-bond acceptors (Lipinski definition) is 1. The lowest BCUT2D eigenvalue weighted by molar-refractivity contribution is 0.657.